The van der Waals surface area contributed by atoms with Crippen LogP contribution in [0, 0.1) is 5.82 Å². The maximum Gasteiger partial charge on any atom is 0.254 e. The molecule has 1 amide bonds. The van der Waals surface area contributed by atoms with Gasteiger partial charge in [0.05, 0.1) is 5.56 Å². The molecule has 0 aliphatic carbocycles. The minimum absolute atomic E-state index is 0.0775. The van der Waals surface area contributed by atoms with Crippen molar-refractivity contribution in [3.05, 3.63) is 71.0 Å². The van der Waals surface area contributed by atoms with Crippen LogP contribution >= 0.6 is 0 Å². The van der Waals surface area contributed by atoms with E-state index in [1.807, 2.05) is 18.2 Å². The fraction of sp³-hybridized carbons (Fsp3) is 0.316. The number of nitrogens with zero attached hydrogens (tertiary/aromatic N) is 1. The Hall–Kier alpha value is -2.20. The van der Waals surface area contributed by atoms with E-state index in [0.29, 0.717) is 6.54 Å². The molecule has 1 N–H and O–H groups in total. The lowest BCUT2D eigenvalue weighted by Crippen LogP contribution is -2.26. The van der Waals surface area contributed by atoms with E-state index in [1.165, 1.54) is 17.7 Å². The van der Waals surface area contributed by atoms with Crippen LogP contribution < -0.4 is 5.32 Å². The van der Waals surface area contributed by atoms with Crippen molar-refractivity contribution < 1.29 is 9.18 Å². The number of halogens is 1. The van der Waals surface area contributed by atoms with E-state index >= 15 is 0 Å². The molecule has 0 atom stereocenters. The maximum absolute atomic E-state index is 13.6. The summed E-state index contributed by atoms with van der Waals surface area (Å²) in [7, 11) is 0. The lowest BCUT2D eigenvalue weighted by Gasteiger charge is -2.20. The molecule has 2 aromatic carbocycles. The Kier molecular flexibility index (Phi) is 6.29. The second-order valence-electron chi connectivity index (χ2n) is 5.39. The summed E-state index contributed by atoms with van der Waals surface area (Å²) in [4.78, 5) is 14.4. The first-order valence-electron chi connectivity index (χ1n) is 7.97. The SMILES string of the molecule is CCN(CC)Cc1ccccc1CNC(=O)c1ccccc1F. The van der Waals surface area contributed by atoms with Crippen LogP contribution in [0.4, 0.5) is 4.39 Å². The van der Waals surface area contributed by atoms with Crippen molar-refractivity contribution in [2.45, 2.75) is 26.9 Å². The zero-order valence-electron chi connectivity index (χ0n) is 13.7. The van der Waals surface area contributed by atoms with E-state index in [4.69, 9.17) is 0 Å². The standard InChI is InChI=1S/C19H23FN2O/c1-3-22(4-2)14-16-10-6-5-9-15(16)13-21-19(23)17-11-7-8-12-18(17)20/h5-12H,3-4,13-14H2,1-2H3,(H,21,23). The molecule has 0 aliphatic rings. The molecule has 0 fully saturated rings. The second-order valence-corrected chi connectivity index (χ2v) is 5.39. The number of amides is 1. The van der Waals surface area contributed by atoms with E-state index < -0.39 is 5.82 Å². The molecular weight excluding hydrogens is 291 g/mol. The predicted octanol–water partition coefficient (Wildman–Crippen LogP) is 3.60. The summed E-state index contributed by atoms with van der Waals surface area (Å²) in [6, 6.07) is 14.0. The number of nitrogens with one attached hydrogen (secondary N) is 1. The Morgan fingerprint density at radius 2 is 1.61 bits per heavy atom. The first kappa shape index (κ1) is 17.2. The summed E-state index contributed by atoms with van der Waals surface area (Å²) in [5, 5.41) is 2.81. The fourth-order valence-corrected chi connectivity index (χ4v) is 2.49. The van der Waals surface area contributed by atoms with Crippen molar-refractivity contribution >= 4 is 5.91 Å². The maximum atomic E-state index is 13.6. The zero-order valence-corrected chi connectivity index (χ0v) is 13.7. The third-order valence-corrected chi connectivity index (χ3v) is 3.96. The van der Waals surface area contributed by atoms with Crippen molar-refractivity contribution in [3.8, 4) is 0 Å². The number of hydrogen-bond acceptors (Lipinski definition) is 2. The highest BCUT2D eigenvalue weighted by Crippen LogP contribution is 2.12. The Morgan fingerprint density at radius 1 is 1.00 bits per heavy atom. The Bertz CT molecular complexity index is 653. The summed E-state index contributed by atoms with van der Waals surface area (Å²) >= 11 is 0. The van der Waals surface area contributed by atoms with Gasteiger partial charge in [0.15, 0.2) is 0 Å². The quantitative estimate of drug-likeness (QED) is 0.847. The van der Waals surface area contributed by atoms with Gasteiger partial charge in [-0.25, -0.2) is 4.39 Å². The van der Waals surface area contributed by atoms with Crippen LogP contribution in [-0.4, -0.2) is 23.9 Å². The van der Waals surface area contributed by atoms with Gasteiger partial charge in [0, 0.05) is 13.1 Å². The molecule has 0 spiro atoms. The van der Waals surface area contributed by atoms with Gasteiger partial charge in [-0.05, 0) is 36.3 Å². The number of carbonyl (C=O) groups excluding carboxylic acids is 1. The van der Waals surface area contributed by atoms with Gasteiger partial charge in [-0.1, -0.05) is 50.2 Å². The van der Waals surface area contributed by atoms with Gasteiger partial charge in [0.2, 0.25) is 0 Å². The van der Waals surface area contributed by atoms with Gasteiger partial charge in [-0.15, -0.1) is 0 Å². The Balaban J connectivity index is 2.06. The minimum Gasteiger partial charge on any atom is -0.348 e. The zero-order chi connectivity index (χ0) is 16.7. The summed E-state index contributed by atoms with van der Waals surface area (Å²) in [6.45, 7) is 7.46. The summed E-state index contributed by atoms with van der Waals surface area (Å²) in [6.07, 6.45) is 0. The first-order chi connectivity index (χ1) is 11.2. The highest BCUT2D eigenvalue weighted by Gasteiger charge is 2.12. The molecule has 0 unspecified atom stereocenters. The summed E-state index contributed by atoms with van der Waals surface area (Å²) in [5.74, 6) is -0.887. The topological polar surface area (TPSA) is 32.3 Å². The van der Waals surface area contributed by atoms with E-state index in [2.05, 4.69) is 30.1 Å². The van der Waals surface area contributed by atoms with Gasteiger partial charge < -0.3 is 5.32 Å². The van der Waals surface area contributed by atoms with Crippen LogP contribution in [-0.2, 0) is 13.1 Å². The molecule has 4 heteroatoms. The minimum atomic E-state index is -0.499. The molecule has 0 aromatic heterocycles. The number of benzene rings is 2. The van der Waals surface area contributed by atoms with E-state index in [1.54, 1.807) is 12.1 Å². The van der Waals surface area contributed by atoms with E-state index in [0.717, 1.165) is 25.2 Å². The van der Waals surface area contributed by atoms with E-state index in [9.17, 15) is 9.18 Å². The van der Waals surface area contributed by atoms with Crippen molar-refractivity contribution in [3.63, 3.8) is 0 Å². The van der Waals surface area contributed by atoms with Gasteiger partial charge in [-0.3, -0.25) is 9.69 Å². The molecule has 0 aliphatic heterocycles. The fourth-order valence-electron chi connectivity index (χ4n) is 2.49. The number of hydrogen-bond donors (Lipinski definition) is 1. The molecule has 3 nitrogen and oxygen atoms in total. The predicted molar refractivity (Wildman–Crippen MR) is 90.6 cm³/mol. The molecule has 0 radical (unpaired) electrons. The lowest BCUT2D eigenvalue weighted by atomic mass is 10.1. The summed E-state index contributed by atoms with van der Waals surface area (Å²) in [5.41, 5.74) is 2.32. The second kappa shape index (κ2) is 8.44. The number of carbonyl (C=O) groups is 1. The van der Waals surface area contributed by atoms with Gasteiger partial charge in [0.1, 0.15) is 5.82 Å². The average molecular weight is 314 g/mol. The van der Waals surface area contributed by atoms with E-state index in [-0.39, 0.29) is 11.5 Å². The average Bonchev–Trinajstić information content (AvgIpc) is 2.58. The molecule has 0 saturated heterocycles. The normalized spacial score (nSPS) is 10.8. The molecule has 122 valence electrons. The molecular formula is C19H23FN2O. The van der Waals surface area contributed by atoms with Crippen LogP contribution in [0.1, 0.15) is 35.3 Å². The molecule has 23 heavy (non-hydrogen) atoms. The van der Waals surface area contributed by atoms with Crippen molar-refractivity contribution in [1.82, 2.24) is 10.2 Å². The number of rotatable bonds is 7. The highest BCUT2D eigenvalue weighted by atomic mass is 19.1. The molecule has 0 bridgehead atoms. The van der Waals surface area contributed by atoms with Crippen LogP contribution in [0.2, 0.25) is 0 Å². The lowest BCUT2D eigenvalue weighted by molar-refractivity contribution is 0.0946. The monoisotopic (exact) mass is 314 g/mol. The molecule has 0 heterocycles. The van der Waals surface area contributed by atoms with Crippen LogP contribution in [0.15, 0.2) is 48.5 Å². The van der Waals surface area contributed by atoms with Crippen molar-refractivity contribution in [2.24, 2.45) is 0 Å². The van der Waals surface area contributed by atoms with Gasteiger partial charge in [0.25, 0.3) is 5.91 Å². The van der Waals surface area contributed by atoms with Gasteiger partial charge in [-0.2, -0.15) is 0 Å². The van der Waals surface area contributed by atoms with Crippen LogP contribution in [0.25, 0.3) is 0 Å². The third-order valence-electron chi connectivity index (χ3n) is 3.96. The molecule has 2 rings (SSSR count). The first-order valence-corrected chi connectivity index (χ1v) is 7.97. The van der Waals surface area contributed by atoms with Gasteiger partial charge >= 0.3 is 0 Å². The Morgan fingerprint density at radius 3 is 2.26 bits per heavy atom. The van der Waals surface area contributed by atoms with Crippen LogP contribution in [0.3, 0.4) is 0 Å². The van der Waals surface area contributed by atoms with Crippen molar-refractivity contribution in [2.75, 3.05) is 13.1 Å². The third kappa shape index (κ3) is 4.63. The van der Waals surface area contributed by atoms with Crippen LogP contribution in [0.5, 0.6) is 0 Å². The highest BCUT2D eigenvalue weighted by molar-refractivity contribution is 5.94. The smallest absolute Gasteiger partial charge is 0.254 e. The largest absolute Gasteiger partial charge is 0.348 e. The molecule has 0 saturated carbocycles. The summed E-state index contributed by atoms with van der Waals surface area (Å²) < 4.78 is 13.6. The Labute approximate surface area is 137 Å². The van der Waals surface area contributed by atoms with Crippen molar-refractivity contribution in [1.29, 1.82) is 0 Å². The molecule has 2 aromatic rings.